The fourth-order valence-corrected chi connectivity index (χ4v) is 3.98. The highest BCUT2D eigenvalue weighted by atomic mass is 19.4. The first-order chi connectivity index (χ1) is 15.4. The first-order valence-corrected chi connectivity index (χ1v) is 10.8. The van der Waals surface area contributed by atoms with Crippen LogP contribution < -0.4 is 5.73 Å². The van der Waals surface area contributed by atoms with Gasteiger partial charge in [-0.05, 0) is 80.0 Å². The van der Waals surface area contributed by atoms with E-state index in [0.29, 0.717) is 24.1 Å². The summed E-state index contributed by atoms with van der Waals surface area (Å²) in [7, 11) is 0. The lowest BCUT2D eigenvalue weighted by Crippen LogP contribution is -2.15. The van der Waals surface area contributed by atoms with Crippen molar-refractivity contribution >= 4 is 5.69 Å². The van der Waals surface area contributed by atoms with Crippen LogP contribution in [-0.2, 0) is 17.1 Å². The minimum Gasteiger partial charge on any atom is -0.499 e. The topological polar surface area (TPSA) is 35.2 Å². The summed E-state index contributed by atoms with van der Waals surface area (Å²) in [4.78, 5) is 0. The second-order valence-electron chi connectivity index (χ2n) is 8.14. The predicted molar refractivity (Wildman–Crippen MR) is 117 cm³/mol. The number of benzene rings is 2. The molecule has 0 aliphatic heterocycles. The summed E-state index contributed by atoms with van der Waals surface area (Å²) >= 11 is 0. The number of anilines is 1. The Morgan fingerprint density at radius 1 is 0.909 bits per heavy atom. The molecule has 0 bridgehead atoms. The van der Waals surface area contributed by atoms with Crippen LogP contribution in [0.5, 0.6) is 0 Å². The Morgan fingerprint density at radius 2 is 1.42 bits per heavy atom. The van der Waals surface area contributed by atoms with Crippen molar-refractivity contribution in [2.75, 3.05) is 12.3 Å². The van der Waals surface area contributed by atoms with Gasteiger partial charge in [0.15, 0.2) is 0 Å². The van der Waals surface area contributed by atoms with E-state index in [2.05, 4.69) is 6.58 Å². The van der Waals surface area contributed by atoms with Crippen molar-refractivity contribution in [3.63, 3.8) is 0 Å². The highest BCUT2D eigenvalue weighted by Crippen LogP contribution is 2.39. The second kappa shape index (κ2) is 11.5. The van der Waals surface area contributed by atoms with Gasteiger partial charge in [0, 0.05) is 12.1 Å². The molecule has 0 aromatic heterocycles. The van der Waals surface area contributed by atoms with E-state index in [0.717, 1.165) is 55.6 Å². The highest BCUT2D eigenvalue weighted by Gasteiger charge is 2.31. The number of ether oxygens (including phenoxy) is 1. The molecule has 0 amide bonds. The first kappa shape index (κ1) is 26.6. The number of hydrogen-bond donors (Lipinski definition) is 1. The van der Waals surface area contributed by atoms with Crippen molar-refractivity contribution in [1.82, 2.24) is 0 Å². The van der Waals surface area contributed by atoms with Crippen LogP contribution in [0.4, 0.5) is 32.0 Å². The normalized spacial score (nSPS) is 18.8. The molecule has 8 heteroatoms. The smallest absolute Gasteiger partial charge is 0.416 e. The fourth-order valence-electron chi connectivity index (χ4n) is 3.98. The van der Waals surface area contributed by atoms with Crippen LogP contribution >= 0.6 is 0 Å². The summed E-state index contributed by atoms with van der Waals surface area (Å²) in [5.74, 6) is 1.68. The molecule has 1 aliphatic rings. The zero-order chi connectivity index (χ0) is 24.6. The number of hydrogen-bond acceptors (Lipinski definition) is 2. The average Bonchev–Trinajstić information content (AvgIpc) is 2.74. The Hall–Kier alpha value is -2.64. The molecule has 2 nitrogen and oxygen atoms in total. The standard InChI is InChI=1S/C18H23F3O.C7H6F3N/c1-3-22-13(2)11-14-5-4-6-16(12-14)15-7-9-17(10-8-15)18(19,20)21;8-7(9,10)5-1-3-6(11)4-2-5/h7-10,14,16H,2-6,11-12H2,1H3;1-4H,11H2. The van der Waals surface area contributed by atoms with Crippen molar-refractivity contribution in [3.05, 3.63) is 77.6 Å². The van der Waals surface area contributed by atoms with E-state index in [1.54, 1.807) is 12.1 Å². The lowest BCUT2D eigenvalue weighted by Gasteiger charge is -2.30. The largest absolute Gasteiger partial charge is 0.499 e. The number of rotatable bonds is 5. The molecule has 2 atom stereocenters. The zero-order valence-corrected chi connectivity index (χ0v) is 18.5. The fraction of sp³-hybridized carbons (Fsp3) is 0.440. The van der Waals surface area contributed by atoms with Crippen LogP contribution in [0.2, 0.25) is 0 Å². The summed E-state index contributed by atoms with van der Waals surface area (Å²) in [6, 6.07) is 10.0. The molecule has 2 unspecified atom stereocenters. The molecule has 0 radical (unpaired) electrons. The van der Waals surface area contributed by atoms with Crippen LogP contribution in [0.15, 0.2) is 60.9 Å². The lowest BCUT2D eigenvalue weighted by atomic mass is 9.76. The summed E-state index contributed by atoms with van der Waals surface area (Å²) in [5, 5.41) is 0. The van der Waals surface area contributed by atoms with Gasteiger partial charge in [-0.2, -0.15) is 26.3 Å². The molecule has 2 aromatic rings. The third-order valence-electron chi connectivity index (χ3n) is 5.60. The van der Waals surface area contributed by atoms with Crippen molar-refractivity contribution in [1.29, 1.82) is 0 Å². The van der Waals surface area contributed by atoms with E-state index in [1.807, 2.05) is 6.92 Å². The predicted octanol–water partition coefficient (Wildman–Crippen LogP) is 8.21. The number of alkyl halides is 6. The third-order valence-corrected chi connectivity index (χ3v) is 5.60. The SMILES string of the molecule is C=C(CC1CCCC(c2ccc(C(F)(F)F)cc2)C1)OCC.Nc1ccc(C(F)(F)F)cc1. The Bertz CT molecular complexity index is 872. The molecular weight excluding hydrogens is 444 g/mol. The zero-order valence-electron chi connectivity index (χ0n) is 18.5. The summed E-state index contributed by atoms with van der Waals surface area (Å²) < 4.78 is 78.9. The molecule has 182 valence electrons. The van der Waals surface area contributed by atoms with E-state index >= 15 is 0 Å². The van der Waals surface area contributed by atoms with Crippen LogP contribution in [0.3, 0.4) is 0 Å². The molecule has 0 saturated heterocycles. The molecule has 1 aliphatic carbocycles. The van der Waals surface area contributed by atoms with Crippen LogP contribution in [0.1, 0.15) is 61.6 Å². The minimum atomic E-state index is -4.27. The lowest BCUT2D eigenvalue weighted by molar-refractivity contribution is -0.138. The minimum absolute atomic E-state index is 0.331. The van der Waals surface area contributed by atoms with Gasteiger partial charge in [0.25, 0.3) is 0 Å². The molecule has 1 fully saturated rings. The number of nitrogens with two attached hydrogens (primary N) is 1. The molecule has 33 heavy (non-hydrogen) atoms. The van der Waals surface area contributed by atoms with Crippen LogP contribution in [0, 0.1) is 5.92 Å². The maximum absolute atomic E-state index is 12.6. The van der Waals surface area contributed by atoms with Gasteiger partial charge in [-0.1, -0.05) is 25.1 Å². The van der Waals surface area contributed by atoms with Crippen molar-refractivity contribution in [3.8, 4) is 0 Å². The van der Waals surface area contributed by atoms with Gasteiger partial charge in [0.2, 0.25) is 0 Å². The molecule has 1 saturated carbocycles. The van der Waals surface area contributed by atoms with Gasteiger partial charge >= 0.3 is 12.4 Å². The maximum Gasteiger partial charge on any atom is 0.416 e. The Kier molecular flexibility index (Phi) is 9.25. The Labute approximate surface area is 190 Å². The second-order valence-corrected chi connectivity index (χ2v) is 8.14. The Balaban J connectivity index is 0.000000294. The summed E-state index contributed by atoms with van der Waals surface area (Å²) in [5.41, 5.74) is 5.30. The van der Waals surface area contributed by atoms with E-state index in [-0.39, 0.29) is 0 Å². The molecule has 2 N–H and O–H groups in total. The van der Waals surface area contributed by atoms with Gasteiger partial charge in [0.05, 0.1) is 23.5 Å². The average molecular weight is 474 g/mol. The van der Waals surface area contributed by atoms with E-state index in [1.165, 1.54) is 24.3 Å². The van der Waals surface area contributed by atoms with Crippen LogP contribution in [0.25, 0.3) is 0 Å². The maximum atomic E-state index is 12.6. The van der Waals surface area contributed by atoms with Crippen molar-refractivity contribution < 1.29 is 31.1 Å². The quantitative estimate of drug-likeness (QED) is 0.270. The molecule has 2 aromatic carbocycles. The molecule has 0 heterocycles. The van der Waals surface area contributed by atoms with E-state index in [9.17, 15) is 26.3 Å². The van der Waals surface area contributed by atoms with Crippen molar-refractivity contribution in [2.45, 2.75) is 57.3 Å². The Morgan fingerprint density at radius 3 is 1.91 bits per heavy atom. The molecule has 0 spiro atoms. The molecule has 3 rings (SSSR count). The van der Waals surface area contributed by atoms with E-state index < -0.39 is 23.5 Å². The van der Waals surface area contributed by atoms with E-state index in [4.69, 9.17) is 10.5 Å². The summed E-state index contributed by atoms with van der Waals surface area (Å²) in [6.45, 7) is 6.50. The van der Waals surface area contributed by atoms with Crippen molar-refractivity contribution in [2.24, 2.45) is 5.92 Å². The third kappa shape index (κ3) is 8.67. The highest BCUT2D eigenvalue weighted by molar-refractivity contribution is 5.39. The molecular formula is C25H29F6NO. The van der Waals surface area contributed by atoms with Gasteiger partial charge in [0.1, 0.15) is 0 Å². The summed E-state index contributed by atoms with van der Waals surface area (Å²) in [6.07, 6.45) is -3.39. The van der Waals surface area contributed by atoms with Gasteiger partial charge in [-0.3, -0.25) is 0 Å². The van der Waals surface area contributed by atoms with Gasteiger partial charge in [-0.25, -0.2) is 0 Å². The van der Waals surface area contributed by atoms with Gasteiger partial charge < -0.3 is 10.5 Å². The van der Waals surface area contributed by atoms with Gasteiger partial charge in [-0.15, -0.1) is 0 Å². The monoisotopic (exact) mass is 473 g/mol. The number of allylic oxidation sites excluding steroid dienone is 1. The number of nitrogen functional groups attached to an aromatic ring is 1. The number of halogens is 6. The first-order valence-electron chi connectivity index (χ1n) is 10.8. The van der Waals surface area contributed by atoms with Crippen LogP contribution in [-0.4, -0.2) is 6.61 Å².